The summed E-state index contributed by atoms with van der Waals surface area (Å²) in [6.07, 6.45) is 3.81. The first-order valence-electron chi connectivity index (χ1n) is 21.1. The molecular weight excluding hydrogens is 747 g/mol. The molecule has 2 aliphatic heterocycles. The normalized spacial score (nSPS) is 13.1. The van der Waals surface area contributed by atoms with Crippen molar-refractivity contribution in [3.63, 3.8) is 0 Å². The Bertz CT molecular complexity index is 3090. The number of hydrogen-bond donors (Lipinski definition) is 0. The van der Waals surface area contributed by atoms with Crippen LogP contribution in [0.5, 0.6) is 11.5 Å². The number of ether oxygens (including phenoxy) is 1. The van der Waals surface area contributed by atoms with Gasteiger partial charge in [-0.25, -0.2) is 4.98 Å². The molecule has 0 amide bonds. The molecule has 7 heteroatoms. The molecule has 5 heterocycles. The first-order chi connectivity index (χ1) is 29.5. The molecule has 61 heavy (non-hydrogen) atoms. The molecule has 11 rings (SSSR count). The van der Waals surface area contributed by atoms with Crippen molar-refractivity contribution in [1.29, 1.82) is 0 Å². The van der Waals surface area contributed by atoms with E-state index < -0.39 is 0 Å². The standard InChI is InChI=1S/C54H45BN4O2/c1-53(2,3)35-20-24-38(25-21-35)58(39-26-22-36(23-27-39)54(4,5)6)49-30-28-42-52(57-49)59(37-13-8-7-9-14-37)44-32-56-33-48-51(44)55(42)43-31-34(19-29-46(43)61-48)40-16-12-18-47-50(40)41-15-10-11-17-45(41)60-47/h7-33H,1-6H3. The van der Waals surface area contributed by atoms with Crippen LogP contribution in [0.15, 0.2) is 168 Å². The molecule has 0 saturated heterocycles. The average molecular weight is 793 g/mol. The zero-order chi connectivity index (χ0) is 41.6. The molecule has 0 unspecified atom stereocenters. The van der Waals surface area contributed by atoms with Gasteiger partial charge in [-0.05, 0) is 105 Å². The molecule has 0 fully saturated rings. The highest BCUT2D eigenvalue weighted by Crippen LogP contribution is 2.43. The van der Waals surface area contributed by atoms with Crippen LogP contribution in [0.1, 0.15) is 52.7 Å². The Labute approximate surface area is 357 Å². The summed E-state index contributed by atoms with van der Waals surface area (Å²) in [5, 5.41) is 2.21. The van der Waals surface area contributed by atoms with E-state index in [9.17, 15) is 0 Å². The Morgan fingerprint density at radius 1 is 0.590 bits per heavy atom. The van der Waals surface area contributed by atoms with Crippen molar-refractivity contribution in [3.05, 3.63) is 175 Å². The number of hydrogen-bond acceptors (Lipinski definition) is 6. The van der Waals surface area contributed by atoms with Crippen LogP contribution in [0.3, 0.4) is 0 Å². The van der Waals surface area contributed by atoms with E-state index in [1.807, 2.05) is 24.5 Å². The van der Waals surface area contributed by atoms with Crippen molar-refractivity contribution < 1.29 is 9.15 Å². The molecule has 296 valence electrons. The zero-order valence-corrected chi connectivity index (χ0v) is 35.3. The Morgan fingerprint density at radius 3 is 1.97 bits per heavy atom. The van der Waals surface area contributed by atoms with Gasteiger partial charge in [0.25, 0.3) is 6.71 Å². The molecule has 2 aliphatic rings. The van der Waals surface area contributed by atoms with Crippen LogP contribution < -0.4 is 30.9 Å². The maximum Gasteiger partial charge on any atom is 0.258 e. The summed E-state index contributed by atoms with van der Waals surface area (Å²) >= 11 is 0. The van der Waals surface area contributed by atoms with Crippen molar-refractivity contribution in [1.82, 2.24) is 9.97 Å². The highest BCUT2D eigenvalue weighted by molar-refractivity contribution is 6.99. The lowest BCUT2D eigenvalue weighted by molar-refractivity contribution is 0.485. The lowest BCUT2D eigenvalue weighted by atomic mass is 9.34. The second-order valence-electron chi connectivity index (χ2n) is 18.3. The Kier molecular flexibility index (Phi) is 8.30. The molecule has 3 aromatic heterocycles. The monoisotopic (exact) mass is 792 g/mol. The summed E-state index contributed by atoms with van der Waals surface area (Å²) in [4.78, 5) is 15.0. The maximum absolute atomic E-state index is 6.77. The molecule has 0 radical (unpaired) electrons. The highest BCUT2D eigenvalue weighted by Gasteiger charge is 2.43. The van der Waals surface area contributed by atoms with Crippen LogP contribution in [0.4, 0.5) is 34.4 Å². The van der Waals surface area contributed by atoms with Crippen molar-refractivity contribution in [2.24, 2.45) is 0 Å². The Hall–Kier alpha value is -7.12. The molecule has 0 aliphatic carbocycles. The van der Waals surface area contributed by atoms with Crippen molar-refractivity contribution in [2.75, 3.05) is 9.80 Å². The molecule has 0 N–H and O–H groups in total. The van der Waals surface area contributed by atoms with Gasteiger partial charge in [-0.15, -0.1) is 0 Å². The number of nitrogens with zero attached hydrogens (tertiary/aromatic N) is 4. The summed E-state index contributed by atoms with van der Waals surface area (Å²) in [5.74, 6) is 3.23. The van der Waals surface area contributed by atoms with E-state index in [1.54, 1.807) is 0 Å². The molecule has 0 bridgehead atoms. The first-order valence-corrected chi connectivity index (χ1v) is 21.1. The second kappa shape index (κ2) is 13.7. The van der Waals surface area contributed by atoms with E-state index in [2.05, 4.69) is 191 Å². The van der Waals surface area contributed by atoms with Gasteiger partial charge in [-0.2, -0.15) is 0 Å². The molecular formula is C54H45BN4O2. The zero-order valence-electron chi connectivity index (χ0n) is 35.3. The third kappa shape index (κ3) is 6.10. The van der Waals surface area contributed by atoms with E-state index in [4.69, 9.17) is 19.1 Å². The summed E-state index contributed by atoms with van der Waals surface area (Å²) in [5.41, 5.74) is 13.8. The maximum atomic E-state index is 6.77. The fraction of sp³-hybridized carbons (Fsp3) is 0.148. The van der Waals surface area contributed by atoms with E-state index in [1.165, 1.54) is 11.1 Å². The van der Waals surface area contributed by atoms with Gasteiger partial charge in [0, 0.05) is 33.3 Å². The predicted octanol–water partition coefficient (Wildman–Crippen LogP) is 12.5. The quantitative estimate of drug-likeness (QED) is 0.162. The van der Waals surface area contributed by atoms with Crippen LogP contribution >= 0.6 is 0 Å². The minimum Gasteiger partial charge on any atom is -0.457 e. The molecule has 9 aromatic rings. The molecule has 6 aromatic carbocycles. The van der Waals surface area contributed by atoms with Crippen LogP contribution in [-0.2, 0) is 10.8 Å². The first kappa shape index (κ1) is 36.9. The number of furan rings is 1. The van der Waals surface area contributed by atoms with Gasteiger partial charge in [0.2, 0.25) is 0 Å². The average Bonchev–Trinajstić information content (AvgIpc) is 3.65. The number of aromatic nitrogens is 2. The van der Waals surface area contributed by atoms with Gasteiger partial charge in [0.1, 0.15) is 34.3 Å². The summed E-state index contributed by atoms with van der Waals surface area (Å²) in [6.45, 7) is 13.4. The lowest BCUT2D eigenvalue weighted by Crippen LogP contribution is -2.60. The fourth-order valence-corrected chi connectivity index (χ4v) is 9.20. The lowest BCUT2D eigenvalue weighted by Gasteiger charge is -2.39. The van der Waals surface area contributed by atoms with Gasteiger partial charge >= 0.3 is 0 Å². The van der Waals surface area contributed by atoms with Crippen molar-refractivity contribution in [3.8, 4) is 22.6 Å². The van der Waals surface area contributed by atoms with Crippen LogP contribution in [0.2, 0.25) is 0 Å². The van der Waals surface area contributed by atoms with Gasteiger partial charge in [0.15, 0.2) is 0 Å². The predicted molar refractivity (Wildman–Crippen MR) is 253 cm³/mol. The van der Waals surface area contributed by atoms with Crippen molar-refractivity contribution >= 4 is 79.4 Å². The van der Waals surface area contributed by atoms with E-state index in [-0.39, 0.29) is 17.5 Å². The highest BCUT2D eigenvalue weighted by atomic mass is 16.5. The molecule has 6 nitrogen and oxygen atoms in total. The molecule has 0 saturated carbocycles. The minimum atomic E-state index is -0.168. The number of para-hydroxylation sites is 2. The van der Waals surface area contributed by atoms with Crippen molar-refractivity contribution in [2.45, 2.75) is 52.4 Å². The Morgan fingerprint density at radius 2 is 1.26 bits per heavy atom. The number of anilines is 6. The largest absolute Gasteiger partial charge is 0.457 e. The van der Waals surface area contributed by atoms with Crippen LogP contribution in [0, 0.1) is 0 Å². The summed E-state index contributed by atoms with van der Waals surface area (Å²) in [6, 6.07) is 54.0. The van der Waals surface area contributed by atoms with Gasteiger partial charge in [-0.1, -0.05) is 133 Å². The van der Waals surface area contributed by atoms with E-state index in [0.717, 1.165) is 95.3 Å². The number of pyridine rings is 2. The third-order valence-corrected chi connectivity index (χ3v) is 12.4. The number of rotatable bonds is 5. The SMILES string of the molecule is CC(C)(C)c1ccc(N(c2ccc(C(C)(C)C)cc2)c2ccc3c(n2)N(c2ccccc2)c2cncc4c2B3c2cc(-c3cccc5oc6ccccc6c35)ccc2O4)cc1. The third-order valence-electron chi connectivity index (χ3n) is 12.4. The smallest absolute Gasteiger partial charge is 0.258 e. The fourth-order valence-electron chi connectivity index (χ4n) is 9.20. The molecule has 0 atom stereocenters. The minimum absolute atomic E-state index is 0.0247. The number of benzene rings is 6. The number of fused-ring (bicyclic) bond motifs is 7. The van der Waals surface area contributed by atoms with Gasteiger partial charge in [-0.3, -0.25) is 14.8 Å². The topological polar surface area (TPSA) is 54.6 Å². The Balaban J connectivity index is 1.12. The van der Waals surface area contributed by atoms with E-state index >= 15 is 0 Å². The van der Waals surface area contributed by atoms with Crippen LogP contribution in [-0.4, -0.2) is 16.7 Å². The summed E-state index contributed by atoms with van der Waals surface area (Å²) < 4.78 is 13.1. The van der Waals surface area contributed by atoms with Gasteiger partial charge in [0.05, 0.1) is 18.1 Å². The van der Waals surface area contributed by atoms with E-state index in [0.29, 0.717) is 0 Å². The van der Waals surface area contributed by atoms with Gasteiger partial charge < -0.3 is 9.15 Å². The molecule has 0 spiro atoms. The summed E-state index contributed by atoms with van der Waals surface area (Å²) in [7, 11) is 0. The second-order valence-corrected chi connectivity index (χ2v) is 18.3. The van der Waals surface area contributed by atoms with Crippen LogP contribution in [0.25, 0.3) is 33.1 Å².